The Balaban J connectivity index is 2.19. The summed E-state index contributed by atoms with van der Waals surface area (Å²) in [7, 11) is 0. The molecule has 2 aromatic rings. The first kappa shape index (κ1) is 12.7. The number of nitrogens with zero attached hydrogens (tertiary/aromatic N) is 1. The number of ether oxygens (including phenoxy) is 1. The Morgan fingerprint density at radius 2 is 2.00 bits per heavy atom. The van der Waals surface area contributed by atoms with E-state index < -0.39 is 0 Å². The van der Waals surface area contributed by atoms with Crippen molar-refractivity contribution in [3.05, 3.63) is 52.1 Å². The van der Waals surface area contributed by atoms with Gasteiger partial charge in [-0.05, 0) is 23.8 Å². The molecule has 0 aliphatic rings. The summed E-state index contributed by atoms with van der Waals surface area (Å²) in [6, 6.07) is 8.79. The fourth-order valence-electron chi connectivity index (χ4n) is 1.22. The zero-order valence-corrected chi connectivity index (χ0v) is 11.8. The third-order valence-electron chi connectivity index (χ3n) is 2.06. The van der Waals surface area contributed by atoms with Crippen LogP contribution in [-0.4, -0.2) is 4.98 Å². The van der Waals surface area contributed by atoms with Gasteiger partial charge in [-0.1, -0.05) is 45.2 Å². The molecule has 0 amide bonds. The fraction of sp³-hybridized carbons (Fsp3) is 0.0833. The van der Waals surface area contributed by atoms with Gasteiger partial charge in [-0.3, -0.25) is 0 Å². The van der Waals surface area contributed by atoms with Gasteiger partial charge in [-0.2, -0.15) is 0 Å². The molecule has 0 saturated heterocycles. The SMILES string of the molecule is Clc1ccc(Oc2ccc(CBr)cn2)c(Cl)c1. The van der Waals surface area contributed by atoms with Crippen LogP contribution in [0.15, 0.2) is 36.5 Å². The van der Waals surface area contributed by atoms with Crippen molar-refractivity contribution in [1.29, 1.82) is 0 Å². The molecular formula is C12H8BrCl2NO. The molecule has 0 atom stereocenters. The molecule has 0 radical (unpaired) electrons. The normalized spacial score (nSPS) is 10.3. The molecule has 5 heteroatoms. The maximum atomic E-state index is 5.99. The maximum Gasteiger partial charge on any atom is 0.219 e. The lowest BCUT2D eigenvalue weighted by Gasteiger charge is -2.06. The average molecular weight is 333 g/mol. The Morgan fingerprint density at radius 1 is 1.18 bits per heavy atom. The second-order valence-electron chi connectivity index (χ2n) is 3.32. The molecule has 0 aliphatic carbocycles. The first-order valence-corrected chi connectivity index (χ1v) is 6.70. The van der Waals surface area contributed by atoms with Gasteiger partial charge < -0.3 is 4.74 Å². The summed E-state index contributed by atoms with van der Waals surface area (Å²) < 4.78 is 5.55. The van der Waals surface area contributed by atoms with E-state index in [9.17, 15) is 0 Å². The van der Waals surface area contributed by atoms with E-state index in [0.29, 0.717) is 21.7 Å². The van der Waals surface area contributed by atoms with Gasteiger partial charge in [0.1, 0.15) is 5.75 Å². The van der Waals surface area contributed by atoms with Gasteiger partial charge in [0.2, 0.25) is 5.88 Å². The molecule has 0 spiro atoms. The number of hydrogen-bond acceptors (Lipinski definition) is 2. The number of aromatic nitrogens is 1. The molecule has 1 aromatic heterocycles. The van der Waals surface area contributed by atoms with E-state index in [1.165, 1.54) is 0 Å². The Hall–Kier alpha value is -0.770. The van der Waals surface area contributed by atoms with Crippen LogP contribution in [0.3, 0.4) is 0 Å². The van der Waals surface area contributed by atoms with Crippen LogP contribution < -0.4 is 4.74 Å². The van der Waals surface area contributed by atoms with Gasteiger partial charge in [-0.25, -0.2) is 4.98 Å². The van der Waals surface area contributed by atoms with Gasteiger partial charge >= 0.3 is 0 Å². The van der Waals surface area contributed by atoms with Crippen LogP contribution in [0.2, 0.25) is 10.0 Å². The Kier molecular flexibility index (Phi) is 4.26. The van der Waals surface area contributed by atoms with Crippen molar-refractivity contribution in [2.45, 2.75) is 5.33 Å². The van der Waals surface area contributed by atoms with Crippen LogP contribution in [0, 0.1) is 0 Å². The topological polar surface area (TPSA) is 22.1 Å². The van der Waals surface area contributed by atoms with Crippen molar-refractivity contribution in [2.24, 2.45) is 0 Å². The molecule has 0 unspecified atom stereocenters. The van der Waals surface area contributed by atoms with Gasteiger partial charge in [0.15, 0.2) is 0 Å². The molecule has 0 saturated carbocycles. The van der Waals surface area contributed by atoms with Crippen LogP contribution >= 0.6 is 39.1 Å². The molecular weight excluding hydrogens is 325 g/mol. The number of rotatable bonds is 3. The third-order valence-corrected chi connectivity index (χ3v) is 3.24. The molecule has 17 heavy (non-hydrogen) atoms. The van der Waals surface area contributed by atoms with Crippen LogP contribution in [-0.2, 0) is 5.33 Å². The average Bonchev–Trinajstić information content (AvgIpc) is 2.34. The van der Waals surface area contributed by atoms with Crippen molar-refractivity contribution in [3.8, 4) is 11.6 Å². The highest BCUT2D eigenvalue weighted by Crippen LogP contribution is 2.30. The molecule has 0 N–H and O–H groups in total. The number of halogens is 3. The van der Waals surface area contributed by atoms with Crippen molar-refractivity contribution in [2.75, 3.05) is 0 Å². The number of pyridine rings is 1. The summed E-state index contributed by atoms with van der Waals surface area (Å²) >= 11 is 15.1. The summed E-state index contributed by atoms with van der Waals surface area (Å²) in [5.74, 6) is 1.04. The minimum atomic E-state index is 0.462. The zero-order chi connectivity index (χ0) is 12.3. The van der Waals surface area contributed by atoms with Crippen LogP contribution in [0.4, 0.5) is 0 Å². The first-order valence-electron chi connectivity index (χ1n) is 4.83. The van der Waals surface area contributed by atoms with E-state index >= 15 is 0 Å². The second-order valence-corrected chi connectivity index (χ2v) is 4.72. The predicted molar refractivity (Wildman–Crippen MR) is 73.4 cm³/mol. The minimum absolute atomic E-state index is 0.462. The highest BCUT2D eigenvalue weighted by Gasteiger charge is 2.04. The quantitative estimate of drug-likeness (QED) is 0.731. The van der Waals surface area contributed by atoms with Crippen molar-refractivity contribution < 1.29 is 4.74 Å². The molecule has 1 aromatic carbocycles. The molecule has 2 rings (SSSR count). The summed E-state index contributed by atoms with van der Waals surface area (Å²) in [5, 5.41) is 1.80. The zero-order valence-electron chi connectivity index (χ0n) is 8.66. The second kappa shape index (κ2) is 5.71. The standard InChI is InChI=1S/C12H8BrCl2NO/c13-6-8-1-4-12(16-7-8)17-11-3-2-9(14)5-10(11)15/h1-5,7H,6H2. The molecule has 1 heterocycles. The number of benzene rings is 1. The van der Waals surface area contributed by atoms with Crippen LogP contribution in [0.5, 0.6) is 11.6 Å². The van der Waals surface area contributed by atoms with E-state index in [1.807, 2.05) is 6.07 Å². The smallest absolute Gasteiger partial charge is 0.219 e. The predicted octanol–water partition coefficient (Wildman–Crippen LogP) is 5.08. The van der Waals surface area contributed by atoms with Gasteiger partial charge in [-0.15, -0.1) is 0 Å². The summed E-state index contributed by atoms with van der Waals surface area (Å²) in [5.41, 5.74) is 1.08. The monoisotopic (exact) mass is 331 g/mol. The van der Waals surface area contributed by atoms with Gasteiger partial charge in [0, 0.05) is 22.6 Å². The lowest BCUT2D eigenvalue weighted by Crippen LogP contribution is -1.89. The lowest BCUT2D eigenvalue weighted by atomic mass is 10.3. The highest BCUT2D eigenvalue weighted by atomic mass is 79.9. The van der Waals surface area contributed by atoms with E-state index in [2.05, 4.69) is 20.9 Å². The highest BCUT2D eigenvalue weighted by molar-refractivity contribution is 9.08. The first-order chi connectivity index (χ1) is 8.19. The fourth-order valence-corrected chi connectivity index (χ4v) is 2.00. The van der Waals surface area contributed by atoms with E-state index in [1.54, 1.807) is 30.5 Å². The largest absolute Gasteiger partial charge is 0.437 e. The van der Waals surface area contributed by atoms with E-state index in [0.717, 1.165) is 10.9 Å². The summed E-state index contributed by atoms with van der Waals surface area (Å²) in [4.78, 5) is 4.16. The van der Waals surface area contributed by atoms with Crippen molar-refractivity contribution in [1.82, 2.24) is 4.98 Å². The molecule has 2 nitrogen and oxygen atoms in total. The van der Waals surface area contributed by atoms with Crippen LogP contribution in [0.25, 0.3) is 0 Å². The molecule has 0 fully saturated rings. The minimum Gasteiger partial charge on any atom is -0.437 e. The maximum absolute atomic E-state index is 5.99. The lowest BCUT2D eigenvalue weighted by molar-refractivity contribution is 0.463. The van der Waals surface area contributed by atoms with Crippen LogP contribution in [0.1, 0.15) is 5.56 Å². The van der Waals surface area contributed by atoms with E-state index in [4.69, 9.17) is 27.9 Å². The summed E-state index contributed by atoms with van der Waals surface area (Å²) in [6.45, 7) is 0. The third kappa shape index (κ3) is 3.35. The Morgan fingerprint density at radius 3 is 2.59 bits per heavy atom. The van der Waals surface area contributed by atoms with Crippen molar-refractivity contribution >= 4 is 39.1 Å². The molecule has 88 valence electrons. The summed E-state index contributed by atoms with van der Waals surface area (Å²) in [6.07, 6.45) is 1.74. The Labute approximate surface area is 118 Å². The Bertz CT molecular complexity index is 516. The number of alkyl halides is 1. The van der Waals surface area contributed by atoms with E-state index in [-0.39, 0.29) is 0 Å². The van der Waals surface area contributed by atoms with Crippen molar-refractivity contribution in [3.63, 3.8) is 0 Å². The van der Waals surface area contributed by atoms with Gasteiger partial charge in [0.25, 0.3) is 0 Å². The van der Waals surface area contributed by atoms with Gasteiger partial charge in [0.05, 0.1) is 5.02 Å². The molecule has 0 bridgehead atoms. The number of hydrogen-bond donors (Lipinski definition) is 0. The molecule has 0 aliphatic heterocycles.